The van der Waals surface area contributed by atoms with Crippen molar-refractivity contribution in [3.8, 4) is 0 Å². The summed E-state index contributed by atoms with van der Waals surface area (Å²) in [6.07, 6.45) is 14.3. The van der Waals surface area contributed by atoms with Crippen LogP contribution in [0.25, 0.3) is 0 Å². The number of esters is 1. The SMILES string of the molecule is C=C(CC[C@@H](C)[C@H]1CC[C@H]2C3=CC[C@@H]4[C@H](C)[C@@H](OC(C)=O)CC[C@]4(C)[C@H]3CC[C@]12C)C(C)C. The number of fused-ring (bicyclic) bond motifs is 5. The van der Waals surface area contributed by atoms with Crippen LogP contribution in [-0.4, -0.2) is 12.1 Å². The van der Waals surface area contributed by atoms with Crippen LogP contribution in [0.4, 0.5) is 0 Å². The maximum absolute atomic E-state index is 11.6. The smallest absolute Gasteiger partial charge is 0.302 e. The van der Waals surface area contributed by atoms with Gasteiger partial charge in [0.15, 0.2) is 0 Å². The molecule has 2 nitrogen and oxygen atoms in total. The highest BCUT2D eigenvalue weighted by Crippen LogP contribution is 2.67. The van der Waals surface area contributed by atoms with Crippen LogP contribution in [0, 0.1) is 52.3 Å². The molecule has 33 heavy (non-hydrogen) atoms. The Morgan fingerprint density at radius 2 is 1.76 bits per heavy atom. The first kappa shape index (κ1) is 25.1. The fourth-order valence-electron chi connectivity index (χ4n) is 9.19. The third kappa shape index (κ3) is 4.27. The average Bonchev–Trinajstić information content (AvgIpc) is 3.11. The summed E-state index contributed by atoms with van der Waals surface area (Å²) in [6.45, 7) is 20.6. The first-order valence-corrected chi connectivity index (χ1v) is 14.0. The normalized spacial score (nSPS) is 43.2. The molecule has 2 heteroatoms. The Balaban J connectivity index is 1.51. The van der Waals surface area contributed by atoms with E-state index < -0.39 is 0 Å². The molecule has 3 fully saturated rings. The van der Waals surface area contributed by atoms with Gasteiger partial charge in [0.05, 0.1) is 0 Å². The zero-order valence-electron chi connectivity index (χ0n) is 22.6. The second-order valence-electron chi connectivity index (χ2n) is 13.3. The maximum atomic E-state index is 11.6. The third-order valence-corrected chi connectivity index (χ3v) is 11.4. The molecule has 0 radical (unpaired) electrons. The van der Waals surface area contributed by atoms with E-state index in [0.29, 0.717) is 28.6 Å². The first-order valence-electron chi connectivity index (χ1n) is 14.0. The van der Waals surface area contributed by atoms with E-state index >= 15 is 0 Å². The molecule has 0 aliphatic heterocycles. The number of ether oxygens (including phenoxy) is 1. The van der Waals surface area contributed by atoms with E-state index in [1.165, 1.54) is 56.9 Å². The summed E-state index contributed by atoms with van der Waals surface area (Å²) >= 11 is 0. The summed E-state index contributed by atoms with van der Waals surface area (Å²) < 4.78 is 5.75. The summed E-state index contributed by atoms with van der Waals surface area (Å²) in [5.41, 5.74) is 4.12. The Bertz CT molecular complexity index is 793. The van der Waals surface area contributed by atoms with Crippen LogP contribution in [0.1, 0.15) is 106 Å². The molecule has 0 aromatic rings. The predicted octanol–water partition coefficient (Wildman–Crippen LogP) is 8.37. The molecule has 0 aromatic carbocycles. The molecule has 4 rings (SSSR count). The number of hydrogen-bond donors (Lipinski definition) is 0. The lowest BCUT2D eigenvalue weighted by atomic mass is 9.46. The van der Waals surface area contributed by atoms with Crippen molar-refractivity contribution in [2.75, 3.05) is 0 Å². The molecule has 0 aromatic heterocycles. The molecule has 0 N–H and O–H groups in total. The van der Waals surface area contributed by atoms with Crippen LogP contribution in [-0.2, 0) is 9.53 Å². The fraction of sp³-hybridized carbons (Fsp3) is 0.839. The Morgan fingerprint density at radius 3 is 2.42 bits per heavy atom. The molecule has 3 saturated carbocycles. The van der Waals surface area contributed by atoms with Crippen LogP contribution >= 0.6 is 0 Å². The van der Waals surface area contributed by atoms with Crippen molar-refractivity contribution in [3.05, 3.63) is 23.8 Å². The van der Waals surface area contributed by atoms with Gasteiger partial charge in [-0.15, -0.1) is 0 Å². The van der Waals surface area contributed by atoms with E-state index in [0.717, 1.165) is 30.1 Å². The van der Waals surface area contributed by atoms with Gasteiger partial charge in [0.2, 0.25) is 0 Å². The minimum atomic E-state index is -0.112. The number of allylic oxidation sites excluding steroid dienone is 3. The molecular weight excluding hydrogens is 404 g/mol. The zero-order chi connectivity index (χ0) is 24.1. The van der Waals surface area contributed by atoms with Gasteiger partial charge in [-0.25, -0.2) is 0 Å². The van der Waals surface area contributed by atoms with E-state index in [1.807, 2.05) is 5.57 Å². The average molecular weight is 455 g/mol. The molecule has 0 unspecified atom stereocenters. The van der Waals surface area contributed by atoms with Crippen molar-refractivity contribution in [2.24, 2.45) is 52.3 Å². The van der Waals surface area contributed by atoms with Gasteiger partial charge in [-0.3, -0.25) is 4.79 Å². The molecule has 4 aliphatic rings. The second kappa shape index (κ2) is 9.19. The molecule has 186 valence electrons. The highest BCUT2D eigenvalue weighted by atomic mass is 16.5. The molecule has 0 saturated heterocycles. The minimum absolute atomic E-state index is 0.112. The lowest BCUT2D eigenvalue weighted by Crippen LogP contribution is -2.53. The summed E-state index contributed by atoms with van der Waals surface area (Å²) in [7, 11) is 0. The van der Waals surface area contributed by atoms with Gasteiger partial charge in [-0.05, 0) is 110 Å². The summed E-state index contributed by atoms with van der Waals surface area (Å²) in [5, 5.41) is 0. The molecule has 0 amide bonds. The number of carbonyl (C=O) groups is 1. The van der Waals surface area contributed by atoms with Crippen molar-refractivity contribution in [3.63, 3.8) is 0 Å². The van der Waals surface area contributed by atoms with E-state index in [9.17, 15) is 4.79 Å². The lowest BCUT2D eigenvalue weighted by molar-refractivity contribution is -0.158. The van der Waals surface area contributed by atoms with Crippen LogP contribution in [0.15, 0.2) is 23.8 Å². The summed E-state index contributed by atoms with van der Waals surface area (Å²) in [5.74, 6) is 4.78. The maximum Gasteiger partial charge on any atom is 0.302 e. The van der Waals surface area contributed by atoms with Crippen LogP contribution < -0.4 is 0 Å². The number of carbonyl (C=O) groups excluding carboxylic acids is 1. The quantitative estimate of drug-likeness (QED) is 0.297. The first-order chi connectivity index (χ1) is 15.5. The number of hydrogen-bond acceptors (Lipinski definition) is 2. The van der Waals surface area contributed by atoms with E-state index in [4.69, 9.17) is 4.74 Å². The van der Waals surface area contributed by atoms with E-state index in [2.05, 4.69) is 54.2 Å². The van der Waals surface area contributed by atoms with Gasteiger partial charge in [0.25, 0.3) is 0 Å². The monoisotopic (exact) mass is 454 g/mol. The zero-order valence-corrected chi connectivity index (χ0v) is 22.6. The minimum Gasteiger partial charge on any atom is -0.462 e. The Kier molecular flexibility index (Phi) is 6.98. The lowest BCUT2D eigenvalue weighted by Gasteiger charge is -2.59. The van der Waals surface area contributed by atoms with E-state index in [-0.39, 0.29) is 12.1 Å². The topological polar surface area (TPSA) is 26.3 Å². The largest absolute Gasteiger partial charge is 0.462 e. The Labute approximate surface area is 204 Å². The predicted molar refractivity (Wildman–Crippen MR) is 138 cm³/mol. The molecular formula is C31H50O2. The second-order valence-corrected chi connectivity index (χ2v) is 13.3. The molecule has 9 atom stereocenters. The Morgan fingerprint density at radius 1 is 1.09 bits per heavy atom. The molecule has 4 aliphatic carbocycles. The highest BCUT2D eigenvalue weighted by Gasteiger charge is 2.59. The van der Waals surface area contributed by atoms with Crippen LogP contribution in [0.5, 0.6) is 0 Å². The fourth-order valence-corrected chi connectivity index (χ4v) is 9.19. The van der Waals surface area contributed by atoms with Crippen molar-refractivity contribution < 1.29 is 9.53 Å². The van der Waals surface area contributed by atoms with Gasteiger partial charge < -0.3 is 4.74 Å². The van der Waals surface area contributed by atoms with Crippen molar-refractivity contribution in [1.82, 2.24) is 0 Å². The van der Waals surface area contributed by atoms with Gasteiger partial charge in [0, 0.05) is 6.92 Å². The van der Waals surface area contributed by atoms with Crippen molar-refractivity contribution in [1.29, 1.82) is 0 Å². The van der Waals surface area contributed by atoms with Gasteiger partial charge in [-0.2, -0.15) is 0 Å². The number of rotatable bonds is 6. The Hall–Kier alpha value is -1.05. The highest BCUT2D eigenvalue weighted by molar-refractivity contribution is 5.66. The van der Waals surface area contributed by atoms with Crippen LogP contribution in [0.2, 0.25) is 0 Å². The van der Waals surface area contributed by atoms with Crippen molar-refractivity contribution >= 4 is 5.97 Å². The standard InChI is InChI=1S/C31H50O2/c1-19(2)20(3)9-10-21(4)25-13-14-27-24-11-12-26-22(5)29(33-23(6)32)16-18-31(26,8)28(24)15-17-30(25,27)7/h11,19,21-22,25-29H,3,9-10,12-18H2,1-2,4-8H3/t21-,22+,25-,26-,27+,28+,29+,30-,31+/m1/s1. The summed E-state index contributed by atoms with van der Waals surface area (Å²) in [6, 6.07) is 0. The van der Waals surface area contributed by atoms with Gasteiger partial charge in [-0.1, -0.05) is 65.3 Å². The third-order valence-electron chi connectivity index (χ3n) is 11.4. The molecule has 0 bridgehead atoms. The van der Waals surface area contributed by atoms with Crippen molar-refractivity contribution in [2.45, 2.75) is 112 Å². The molecule has 0 heterocycles. The van der Waals surface area contributed by atoms with Crippen LogP contribution in [0.3, 0.4) is 0 Å². The summed E-state index contributed by atoms with van der Waals surface area (Å²) in [4.78, 5) is 11.6. The van der Waals surface area contributed by atoms with Gasteiger partial charge in [0.1, 0.15) is 6.10 Å². The molecule has 0 spiro atoms. The van der Waals surface area contributed by atoms with Gasteiger partial charge >= 0.3 is 5.97 Å². The van der Waals surface area contributed by atoms with E-state index in [1.54, 1.807) is 6.92 Å².